The van der Waals surface area contributed by atoms with Gasteiger partial charge in [0.1, 0.15) is 18.1 Å². The van der Waals surface area contributed by atoms with Crippen molar-refractivity contribution in [1.82, 2.24) is 9.97 Å². The van der Waals surface area contributed by atoms with Gasteiger partial charge in [0, 0.05) is 18.1 Å². The molecule has 4 rings (SSSR count). The molecule has 1 atom stereocenters. The molecule has 0 aliphatic carbocycles. The number of benzene rings is 1. The van der Waals surface area contributed by atoms with Crippen LogP contribution >= 0.6 is 11.6 Å². The Morgan fingerprint density at radius 3 is 2.35 bits per heavy atom. The summed E-state index contributed by atoms with van der Waals surface area (Å²) in [6.45, 7) is 4.41. The maximum Gasteiger partial charge on any atom is 0.490 e. The lowest BCUT2D eigenvalue weighted by Gasteiger charge is -2.38. The van der Waals surface area contributed by atoms with E-state index in [4.69, 9.17) is 21.5 Å². The predicted molar refractivity (Wildman–Crippen MR) is 122 cm³/mol. The van der Waals surface area contributed by atoms with E-state index in [1.807, 2.05) is 36.1 Å². The van der Waals surface area contributed by atoms with Gasteiger partial charge in [-0.1, -0.05) is 30.7 Å². The number of nitrogens with zero attached hydrogens (tertiary/aromatic N) is 4. The third kappa shape index (κ3) is 6.07. The summed E-state index contributed by atoms with van der Waals surface area (Å²) in [7, 11) is 0. The van der Waals surface area contributed by atoms with E-state index in [1.165, 1.54) is 6.42 Å². The van der Waals surface area contributed by atoms with Crippen LogP contribution in [0.4, 0.5) is 30.5 Å². The normalized spacial score (nSPS) is 17.9. The zero-order valence-corrected chi connectivity index (χ0v) is 19.2. The number of carbonyl (C=O) groups excluding carboxylic acids is 1. The molecule has 1 amide bonds. The number of aromatic nitrogens is 2. The number of carboxylic acid groups (broad SMARTS) is 1. The van der Waals surface area contributed by atoms with E-state index in [9.17, 15) is 18.0 Å². The van der Waals surface area contributed by atoms with Crippen LogP contribution in [0.1, 0.15) is 38.2 Å². The molecule has 1 unspecified atom stereocenters. The van der Waals surface area contributed by atoms with Crippen molar-refractivity contribution < 1.29 is 27.9 Å². The molecule has 1 aromatic heterocycles. The molecule has 1 fully saturated rings. The number of hydrogen-bond acceptors (Lipinski definition) is 6. The van der Waals surface area contributed by atoms with Crippen molar-refractivity contribution in [3.05, 3.63) is 41.2 Å². The van der Waals surface area contributed by atoms with Crippen LogP contribution in [0.2, 0.25) is 5.02 Å². The van der Waals surface area contributed by atoms with Crippen molar-refractivity contribution in [3.8, 4) is 0 Å². The zero-order chi connectivity index (χ0) is 24.9. The molecule has 12 heteroatoms. The molecule has 34 heavy (non-hydrogen) atoms. The maximum absolute atomic E-state index is 13.2. The Kier molecular flexibility index (Phi) is 8.19. The second kappa shape index (κ2) is 10.9. The molecule has 0 radical (unpaired) electrons. The van der Waals surface area contributed by atoms with Gasteiger partial charge < -0.3 is 15.3 Å². The van der Waals surface area contributed by atoms with E-state index in [1.54, 1.807) is 6.33 Å². The number of carbonyl (C=O) groups is 2. The van der Waals surface area contributed by atoms with Crippen molar-refractivity contribution >= 4 is 40.8 Å². The summed E-state index contributed by atoms with van der Waals surface area (Å²) in [6, 6.07) is 7.36. The first-order valence-electron chi connectivity index (χ1n) is 10.8. The summed E-state index contributed by atoms with van der Waals surface area (Å²) in [6.07, 6.45) is 0.758. The predicted octanol–water partition coefficient (Wildman–Crippen LogP) is 4.49. The van der Waals surface area contributed by atoms with Gasteiger partial charge in [-0.05, 0) is 43.4 Å². The van der Waals surface area contributed by atoms with Gasteiger partial charge in [-0.25, -0.2) is 14.8 Å². The number of alkyl halides is 3. The van der Waals surface area contributed by atoms with Crippen LogP contribution in [0.15, 0.2) is 30.6 Å². The van der Waals surface area contributed by atoms with Gasteiger partial charge >= 0.3 is 12.1 Å². The van der Waals surface area contributed by atoms with Gasteiger partial charge in [-0.15, -0.1) is 0 Å². The minimum absolute atomic E-state index is 0.0630. The average molecular weight is 500 g/mol. The van der Waals surface area contributed by atoms with E-state index >= 15 is 0 Å². The third-order valence-electron chi connectivity index (χ3n) is 5.51. The van der Waals surface area contributed by atoms with Crippen LogP contribution in [0.5, 0.6) is 0 Å². The molecule has 2 aliphatic rings. The maximum atomic E-state index is 13.2. The van der Waals surface area contributed by atoms with Gasteiger partial charge in [0.05, 0.1) is 6.54 Å². The van der Waals surface area contributed by atoms with Crippen LogP contribution < -0.4 is 15.1 Å². The highest BCUT2D eigenvalue weighted by molar-refractivity contribution is 6.30. The molecule has 2 aromatic rings. The first-order chi connectivity index (χ1) is 16.1. The highest BCUT2D eigenvalue weighted by Gasteiger charge is 2.38. The third-order valence-corrected chi connectivity index (χ3v) is 5.76. The van der Waals surface area contributed by atoms with Crippen LogP contribution in [-0.2, 0) is 16.1 Å². The highest BCUT2D eigenvalue weighted by Crippen LogP contribution is 2.39. The van der Waals surface area contributed by atoms with Crippen LogP contribution in [0, 0.1) is 0 Å². The summed E-state index contributed by atoms with van der Waals surface area (Å²) in [5.41, 5.74) is 1.83. The molecule has 184 valence electrons. The minimum Gasteiger partial charge on any atom is -0.475 e. The Bertz CT molecular complexity index is 1010. The Morgan fingerprint density at radius 1 is 1.18 bits per heavy atom. The fourth-order valence-corrected chi connectivity index (χ4v) is 3.92. The summed E-state index contributed by atoms with van der Waals surface area (Å²) < 4.78 is 31.7. The summed E-state index contributed by atoms with van der Waals surface area (Å²) in [5.74, 6) is -1.10. The Morgan fingerprint density at radius 2 is 1.79 bits per heavy atom. The van der Waals surface area contributed by atoms with Gasteiger partial charge in [-0.3, -0.25) is 9.69 Å². The van der Waals surface area contributed by atoms with Gasteiger partial charge in [0.2, 0.25) is 5.91 Å². The number of nitrogens with one attached hydrogen (secondary N) is 1. The number of rotatable bonds is 4. The number of fused-ring (bicyclic) bond motifs is 1. The SMILES string of the molecule is CCC1Nc2ncnc(N3CCCCC3)c2N(Cc2ccc(Cl)cc2)C1=O.O=C(O)C(F)(F)F. The standard InChI is InChI=1S/C20H24ClN5O.C2HF3O2/c1-2-16-20(27)26(12-14-6-8-15(21)9-7-14)17-18(24-16)22-13-23-19(17)25-10-4-3-5-11-25;3-2(4,5)1(6)7/h6-9,13,16H,2-5,10-12H2,1H3,(H,22,23,24);(H,6,7). The van der Waals surface area contributed by atoms with E-state index in [0.29, 0.717) is 18.0 Å². The van der Waals surface area contributed by atoms with Gasteiger partial charge in [0.15, 0.2) is 11.6 Å². The molecule has 1 saturated heterocycles. The first-order valence-corrected chi connectivity index (χ1v) is 11.2. The fourth-order valence-electron chi connectivity index (χ4n) is 3.79. The summed E-state index contributed by atoms with van der Waals surface area (Å²) in [5, 5.41) is 11.1. The lowest BCUT2D eigenvalue weighted by molar-refractivity contribution is -0.192. The molecular weight excluding hydrogens is 475 g/mol. The topological polar surface area (TPSA) is 98.7 Å². The average Bonchev–Trinajstić information content (AvgIpc) is 2.82. The number of aliphatic carboxylic acids is 1. The zero-order valence-electron chi connectivity index (χ0n) is 18.5. The van der Waals surface area contributed by atoms with Gasteiger partial charge in [-0.2, -0.15) is 13.2 Å². The largest absolute Gasteiger partial charge is 0.490 e. The number of anilines is 3. The highest BCUT2D eigenvalue weighted by atomic mass is 35.5. The van der Waals surface area contributed by atoms with E-state index in [0.717, 1.165) is 48.8 Å². The van der Waals surface area contributed by atoms with Gasteiger partial charge in [0.25, 0.3) is 0 Å². The van der Waals surface area contributed by atoms with Crippen molar-refractivity contribution in [2.75, 3.05) is 28.2 Å². The smallest absolute Gasteiger partial charge is 0.475 e. The molecule has 2 N–H and O–H groups in total. The monoisotopic (exact) mass is 499 g/mol. The molecule has 0 saturated carbocycles. The Labute approximate surface area is 199 Å². The molecular formula is C22H25ClF3N5O3. The minimum atomic E-state index is -5.08. The summed E-state index contributed by atoms with van der Waals surface area (Å²) >= 11 is 6.02. The number of halogens is 4. The number of amides is 1. The number of hydrogen-bond donors (Lipinski definition) is 2. The van der Waals surface area contributed by atoms with Crippen molar-refractivity contribution in [1.29, 1.82) is 0 Å². The molecule has 0 bridgehead atoms. The van der Waals surface area contributed by atoms with Crippen molar-refractivity contribution in [3.63, 3.8) is 0 Å². The number of piperidine rings is 1. The second-order valence-electron chi connectivity index (χ2n) is 7.90. The van der Waals surface area contributed by atoms with Crippen molar-refractivity contribution in [2.45, 2.75) is 51.4 Å². The van der Waals surface area contributed by atoms with E-state index < -0.39 is 12.1 Å². The number of carboxylic acids is 1. The summed E-state index contributed by atoms with van der Waals surface area (Å²) in [4.78, 5) is 35.2. The van der Waals surface area contributed by atoms with Crippen LogP contribution in [0.25, 0.3) is 0 Å². The lowest BCUT2D eigenvalue weighted by atomic mass is 10.1. The quantitative estimate of drug-likeness (QED) is 0.639. The Hall–Kier alpha value is -3.08. The van der Waals surface area contributed by atoms with Crippen LogP contribution in [-0.4, -0.2) is 52.3 Å². The van der Waals surface area contributed by atoms with Crippen LogP contribution in [0.3, 0.4) is 0 Å². The molecule has 1 aromatic carbocycles. The molecule has 8 nitrogen and oxygen atoms in total. The molecule has 2 aliphatic heterocycles. The lowest BCUT2D eigenvalue weighted by Crippen LogP contribution is -2.48. The molecule has 3 heterocycles. The van der Waals surface area contributed by atoms with E-state index in [-0.39, 0.29) is 11.9 Å². The first kappa shape index (κ1) is 25.5. The van der Waals surface area contributed by atoms with Crippen molar-refractivity contribution in [2.24, 2.45) is 0 Å². The second-order valence-corrected chi connectivity index (χ2v) is 8.34. The van der Waals surface area contributed by atoms with E-state index in [2.05, 4.69) is 20.2 Å². The Balaban J connectivity index is 0.000000406. The molecule has 0 spiro atoms. The fraction of sp³-hybridized carbons (Fsp3) is 0.455.